The molecule has 86 valence electrons. The van der Waals surface area contributed by atoms with Gasteiger partial charge in [-0.05, 0) is 25.5 Å². The van der Waals surface area contributed by atoms with Gasteiger partial charge in [-0.25, -0.2) is 4.79 Å². The summed E-state index contributed by atoms with van der Waals surface area (Å²) in [6.07, 6.45) is 2.08. The summed E-state index contributed by atoms with van der Waals surface area (Å²) in [4.78, 5) is 22.4. The van der Waals surface area contributed by atoms with Gasteiger partial charge in [0.15, 0.2) is 0 Å². The molecule has 15 heavy (non-hydrogen) atoms. The van der Waals surface area contributed by atoms with E-state index in [2.05, 4.69) is 10.6 Å². The van der Waals surface area contributed by atoms with Crippen molar-refractivity contribution in [1.82, 2.24) is 10.6 Å². The number of amides is 3. The zero-order valence-corrected chi connectivity index (χ0v) is 10.2. The van der Waals surface area contributed by atoms with E-state index in [4.69, 9.17) is 11.6 Å². The number of carbonyl (C=O) groups is 2. The summed E-state index contributed by atoms with van der Waals surface area (Å²) in [5, 5.41) is 4.27. The van der Waals surface area contributed by atoms with Crippen LogP contribution in [0.2, 0.25) is 0 Å². The minimum Gasteiger partial charge on any atom is -0.334 e. The maximum absolute atomic E-state index is 11.3. The van der Waals surface area contributed by atoms with Crippen molar-refractivity contribution in [2.45, 2.75) is 31.2 Å². The van der Waals surface area contributed by atoms with Crippen LogP contribution in [0.15, 0.2) is 0 Å². The van der Waals surface area contributed by atoms with E-state index in [-0.39, 0.29) is 6.04 Å². The maximum atomic E-state index is 11.3. The number of hydrogen-bond acceptors (Lipinski definition) is 3. The highest BCUT2D eigenvalue weighted by molar-refractivity contribution is 7.99. The Morgan fingerprint density at radius 3 is 2.80 bits per heavy atom. The summed E-state index contributed by atoms with van der Waals surface area (Å²) in [6.45, 7) is 1.53. The number of halogens is 1. The van der Waals surface area contributed by atoms with Gasteiger partial charge in [0, 0.05) is 11.8 Å². The van der Waals surface area contributed by atoms with Gasteiger partial charge in [0.1, 0.15) is 5.38 Å². The fourth-order valence-corrected chi connectivity index (χ4v) is 2.41. The van der Waals surface area contributed by atoms with Crippen molar-refractivity contribution in [3.63, 3.8) is 0 Å². The lowest BCUT2D eigenvalue weighted by atomic mass is 10.2. The molecule has 1 heterocycles. The van der Waals surface area contributed by atoms with Crippen LogP contribution in [0.5, 0.6) is 0 Å². The van der Waals surface area contributed by atoms with Gasteiger partial charge >= 0.3 is 6.03 Å². The van der Waals surface area contributed by atoms with E-state index in [1.807, 2.05) is 11.8 Å². The second-order valence-corrected chi connectivity index (χ2v) is 5.30. The molecular formula is C9H15ClN2O2S. The Morgan fingerprint density at radius 1 is 1.53 bits per heavy atom. The number of thioether (sulfide) groups is 1. The Hall–Kier alpha value is -0.420. The standard InChI is InChI=1S/C9H15ClN2O2S/c1-6(10)8(13)12-9(14)11-7-3-2-4-15-5-7/h6-7H,2-5H2,1H3,(H2,11,12,13,14). The minimum atomic E-state index is -0.684. The normalized spacial score (nSPS) is 22.9. The number of urea groups is 1. The van der Waals surface area contributed by atoms with Crippen LogP contribution in [0, 0.1) is 0 Å². The van der Waals surface area contributed by atoms with E-state index in [0.717, 1.165) is 24.3 Å². The molecule has 1 fully saturated rings. The third kappa shape index (κ3) is 4.75. The van der Waals surface area contributed by atoms with Crippen molar-refractivity contribution in [3.8, 4) is 0 Å². The molecule has 3 amide bonds. The van der Waals surface area contributed by atoms with E-state index in [0.29, 0.717) is 0 Å². The molecule has 1 saturated heterocycles. The van der Waals surface area contributed by atoms with E-state index < -0.39 is 17.3 Å². The molecular weight excluding hydrogens is 236 g/mol. The molecule has 2 N–H and O–H groups in total. The zero-order valence-electron chi connectivity index (χ0n) is 8.59. The van der Waals surface area contributed by atoms with Gasteiger partial charge in [-0.1, -0.05) is 0 Å². The molecule has 0 saturated carbocycles. The second-order valence-electron chi connectivity index (χ2n) is 3.49. The highest BCUT2D eigenvalue weighted by atomic mass is 35.5. The number of nitrogens with one attached hydrogen (secondary N) is 2. The van der Waals surface area contributed by atoms with Crippen LogP contribution in [-0.2, 0) is 4.79 Å². The molecule has 0 aliphatic carbocycles. The summed E-state index contributed by atoms with van der Waals surface area (Å²) < 4.78 is 0. The molecule has 0 radical (unpaired) electrons. The number of alkyl halides is 1. The first kappa shape index (κ1) is 12.6. The van der Waals surface area contributed by atoms with E-state index in [1.165, 1.54) is 6.92 Å². The molecule has 2 unspecified atom stereocenters. The smallest absolute Gasteiger partial charge is 0.321 e. The monoisotopic (exact) mass is 250 g/mol. The van der Waals surface area contributed by atoms with Gasteiger partial charge in [0.25, 0.3) is 0 Å². The molecule has 0 bridgehead atoms. The molecule has 1 aliphatic heterocycles. The molecule has 6 heteroatoms. The largest absolute Gasteiger partial charge is 0.334 e. The van der Waals surface area contributed by atoms with Crippen molar-refractivity contribution in [2.75, 3.05) is 11.5 Å². The third-order valence-corrected chi connectivity index (χ3v) is 3.51. The Labute approximate surface area is 98.5 Å². The Bertz CT molecular complexity index is 242. The Balaban J connectivity index is 2.25. The van der Waals surface area contributed by atoms with E-state index >= 15 is 0 Å². The summed E-state index contributed by atoms with van der Waals surface area (Å²) in [5.74, 6) is 1.60. The molecule has 0 aromatic rings. The fraction of sp³-hybridized carbons (Fsp3) is 0.778. The number of imide groups is 1. The third-order valence-electron chi connectivity index (χ3n) is 2.09. The summed E-state index contributed by atoms with van der Waals surface area (Å²) in [7, 11) is 0. The average Bonchev–Trinajstić information content (AvgIpc) is 2.18. The lowest BCUT2D eigenvalue weighted by Gasteiger charge is -2.22. The second kappa shape index (κ2) is 6.23. The molecule has 4 nitrogen and oxygen atoms in total. The molecule has 0 aromatic carbocycles. The average molecular weight is 251 g/mol. The fourth-order valence-electron chi connectivity index (χ4n) is 1.29. The van der Waals surface area contributed by atoms with Crippen molar-refractivity contribution in [1.29, 1.82) is 0 Å². The van der Waals surface area contributed by atoms with Gasteiger partial charge in [0.05, 0.1) is 0 Å². The number of hydrogen-bond donors (Lipinski definition) is 2. The van der Waals surface area contributed by atoms with Crippen LogP contribution in [-0.4, -0.2) is 34.9 Å². The minimum absolute atomic E-state index is 0.169. The first-order valence-corrected chi connectivity index (χ1v) is 6.52. The number of rotatable bonds is 2. The van der Waals surface area contributed by atoms with Crippen LogP contribution in [0.25, 0.3) is 0 Å². The molecule has 0 spiro atoms. The molecule has 1 rings (SSSR count). The van der Waals surface area contributed by atoms with Crippen LogP contribution >= 0.6 is 23.4 Å². The van der Waals surface area contributed by atoms with Crippen molar-refractivity contribution in [2.24, 2.45) is 0 Å². The van der Waals surface area contributed by atoms with Gasteiger partial charge in [-0.3, -0.25) is 10.1 Å². The van der Waals surface area contributed by atoms with Crippen LogP contribution in [0.1, 0.15) is 19.8 Å². The number of carbonyl (C=O) groups excluding carboxylic acids is 2. The predicted molar refractivity (Wildman–Crippen MR) is 62.3 cm³/mol. The van der Waals surface area contributed by atoms with Crippen molar-refractivity contribution < 1.29 is 9.59 Å². The molecule has 2 atom stereocenters. The van der Waals surface area contributed by atoms with Gasteiger partial charge in [-0.2, -0.15) is 11.8 Å². The molecule has 1 aliphatic rings. The zero-order chi connectivity index (χ0) is 11.3. The summed E-state index contributed by atoms with van der Waals surface area (Å²) in [6, 6.07) is -0.276. The first-order chi connectivity index (χ1) is 7.09. The lowest BCUT2D eigenvalue weighted by molar-refractivity contribution is -0.119. The van der Waals surface area contributed by atoms with E-state index in [9.17, 15) is 9.59 Å². The topological polar surface area (TPSA) is 58.2 Å². The van der Waals surface area contributed by atoms with Gasteiger partial charge in [0.2, 0.25) is 5.91 Å². The first-order valence-electron chi connectivity index (χ1n) is 4.93. The Kier molecular flexibility index (Phi) is 5.25. The van der Waals surface area contributed by atoms with Crippen molar-refractivity contribution >= 4 is 35.3 Å². The SMILES string of the molecule is CC(Cl)C(=O)NC(=O)NC1CCCSC1. The predicted octanol–water partition coefficient (Wildman–Crippen LogP) is 1.34. The van der Waals surface area contributed by atoms with E-state index in [1.54, 1.807) is 0 Å². The van der Waals surface area contributed by atoms with Crippen molar-refractivity contribution in [3.05, 3.63) is 0 Å². The summed E-state index contributed by atoms with van der Waals surface area (Å²) in [5.41, 5.74) is 0. The van der Waals surface area contributed by atoms with Gasteiger partial charge < -0.3 is 5.32 Å². The highest BCUT2D eigenvalue weighted by Crippen LogP contribution is 2.16. The van der Waals surface area contributed by atoms with Crippen LogP contribution < -0.4 is 10.6 Å². The summed E-state index contributed by atoms with van der Waals surface area (Å²) >= 11 is 7.34. The van der Waals surface area contributed by atoms with Gasteiger partial charge in [-0.15, -0.1) is 11.6 Å². The Morgan fingerprint density at radius 2 is 2.27 bits per heavy atom. The lowest BCUT2D eigenvalue weighted by Crippen LogP contribution is -2.47. The maximum Gasteiger partial charge on any atom is 0.321 e. The van der Waals surface area contributed by atoms with Crippen LogP contribution in [0.3, 0.4) is 0 Å². The van der Waals surface area contributed by atoms with Crippen LogP contribution in [0.4, 0.5) is 4.79 Å². The highest BCUT2D eigenvalue weighted by Gasteiger charge is 2.18. The molecule has 0 aromatic heterocycles. The quantitative estimate of drug-likeness (QED) is 0.727.